The fourth-order valence-corrected chi connectivity index (χ4v) is 3.90. The number of carbonyl (C=O) groups excluding carboxylic acids is 1. The van der Waals surface area contributed by atoms with E-state index in [4.69, 9.17) is 5.73 Å². The van der Waals surface area contributed by atoms with Crippen molar-refractivity contribution < 1.29 is 4.79 Å². The summed E-state index contributed by atoms with van der Waals surface area (Å²) < 4.78 is 1.74. The Bertz CT molecular complexity index is 476. The average molecular weight is 404 g/mol. The van der Waals surface area contributed by atoms with Gasteiger partial charge in [0.15, 0.2) is 0 Å². The zero-order valence-corrected chi connectivity index (χ0v) is 14.8. The number of hydrogen-bond donors (Lipinski definition) is 2. The van der Waals surface area contributed by atoms with Crippen LogP contribution in [0, 0.1) is 11.3 Å². The van der Waals surface area contributed by atoms with Crippen molar-refractivity contribution in [2.24, 2.45) is 17.1 Å². The molecule has 1 aliphatic carbocycles. The normalized spacial score (nSPS) is 26.3. The first-order chi connectivity index (χ1) is 9.48. The number of para-hydroxylation sites is 1. The number of nitrogens with one attached hydrogen (secondary N) is 1. The zero-order valence-electron chi connectivity index (χ0n) is 11.6. The predicted octanol–water partition coefficient (Wildman–Crippen LogP) is 4.31. The molecular weight excluding hydrogens is 384 g/mol. The van der Waals surface area contributed by atoms with Gasteiger partial charge in [0, 0.05) is 15.5 Å². The molecule has 1 aromatic rings. The Balaban J connectivity index is 2.18. The summed E-state index contributed by atoms with van der Waals surface area (Å²) in [6.45, 7) is 2.65. The summed E-state index contributed by atoms with van der Waals surface area (Å²) in [7, 11) is 0. The molecule has 0 atom stereocenters. The second-order valence-corrected chi connectivity index (χ2v) is 7.43. The third-order valence-electron chi connectivity index (χ3n) is 4.31. The predicted molar refractivity (Wildman–Crippen MR) is 89.6 cm³/mol. The molecule has 110 valence electrons. The molecule has 0 radical (unpaired) electrons. The van der Waals surface area contributed by atoms with Gasteiger partial charge in [-0.3, -0.25) is 4.79 Å². The minimum Gasteiger partial charge on any atom is -0.329 e. The van der Waals surface area contributed by atoms with Crippen LogP contribution in [0.4, 0.5) is 5.69 Å². The Morgan fingerprint density at radius 3 is 2.40 bits per heavy atom. The van der Waals surface area contributed by atoms with Gasteiger partial charge in [-0.25, -0.2) is 0 Å². The summed E-state index contributed by atoms with van der Waals surface area (Å²) in [5, 5.41) is 3.04. The monoisotopic (exact) mass is 402 g/mol. The summed E-state index contributed by atoms with van der Waals surface area (Å²) in [5.41, 5.74) is 6.30. The summed E-state index contributed by atoms with van der Waals surface area (Å²) in [4.78, 5) is 12.7. The van der Waals surface area contributed by atoms with E-state index in [1.807, 2.05) is 18.2 Å². The summed E-state index contributed by atoms with van der Waals surface area (Å²) >= 11 is 6.95. The quantitative estimate of drug-likeness (QED) is 0.790. The molecule has 0 bridgehead atoms. The van der Waals surface area contributed by atoms with Gasteiger partial charge in [-0.1, -0.05) is 13.0 Å². The van der Waals surface area contributed by atoms with Gasteiger partial charge in [0.2, 0.25) is 5.91 Å². The standard InChI is InChI=1S/C15H20Br2N2O/c1-10-5-7-15(9-18,8-6-10)14(20)19-13-11(16)3-2-4-12(13)17/h2-4,10H,5-9,18H2,1H3,(H,19,20). The third kappa shape index (κ3) is 3.26. The van der Waals surface area contributed by atoms with Crippen LogP contribution >= 0.6 is 31.9 Å². The van der Waals surface area contributed by atoms with E-state index >= 15 is 0 Å². The van der Waals surface area contributed by atoms with Crippen LogP contribution in [0.25, 0.3) is 0 Å². The van der Waals surface area contributed by atoms with E-state index < -0.39 is 5.41 Å². The molecule has 1 aromatic carbocycles. The maximum Gasteiger partial charge on any atom is 0.231 e. The van der Waals surface area contributed by atoms with Crippen LogP contribution in [0.15, 0.2) is 27.1 Å². The largest absolute Gasteiger partial charge is 0.329 e. The highest BCUT2D eigenvalue weighted by molar-refractivity contribution is 9.11. The number of nitrogens with two attached hydrogens (primary N) is 1. The van der Waals surface area contributed by atoms with Crippen LogP contribution < -0.4 is 11.1 Å². The molecule has 1 saturated carbocycles. The number of rotatable bonds is 3. The molecule has 3 nitrogen and oxygen atoms in total. The fourth-order valence-electron chi connectivity index (χ4n) is 2.70. The van der Waals surface area contributed by atoms with Gasteiger partial charge in [0.05, 0.1) is 11.1 Å². The molecule has 1 amide bonds. The van der Waals surface area contributed by atoms with Crippen molar-refractivity contribution in [2.75, 3.05) is 11.9 Å². The van der Waals surface area contributed by atoms with Crippen molar-refractivity contribution in [3.63, 3.8) is 0 Å². The molecule has 0 aliphatic heterocycles. The smallest absolute Gasteiger partial charge is 0.231 e. The van der Waals surface area contributed by atoms with E-state index in [2.05, 4.69) is 44.1 Å². The molecule has 0 aromatic heterocycles. The minimum absolute atomic E-state index is 0.0412. The lowest BCUT2D eigenvalue weighted by Gasteiger charge is -2.37. The van der Waals surface area contributed by atoms with Gasteiger partial charge in [-0.05, 0) is 75.6 Å². The Kier molecular flexibility index (Phi) is 5.26. The fraction of sp³-hybridized carbons (Fsp3) is 0.533. The van der Waals surface area contributed by atoms with E-state index in [-0.39, 0.29) is 5.91 Å². The summed E-state index contributed by atoms with van der Waals surface area (Å²) in [6.07, 6.45) is 3.89. The van der Waals surface area contributed by atoms with E-state index in [0.717, 1.165) is 40.3 Å². The molecule has 20 heavy (non-hydrogen) atoms. The zero-order chi connectivity index (χ0) is 14.8. The lowest BCUT2D eigenvalue weighted by Crippen LogP contribution is -2.44. The second-order valence-electron chi connectivity index (χ2n) is 5.72. The van der Waals surface area contributed by atoms with E-state index in [0.29, 0.717) is 12.5 Å². The highest BCUT2D eigenvalue weighted by Crippen LogP contribution is 2.40. The van der Waals surface area contributed by atoms with E-state index in [1.165, 1.54) is 0 Å². The summed E-state index contributed by atoms with van der Waals surface area (Å²) in [6, 6.07) is 5.75. The van der Waals surface area contributed by atoms with Gasteiger partial charge in [-0.15, -0.1) is 0 Å². The third-order valence-corrected chi connectivity index (χ3v) is 5.63. The van der Waals surface area contributed by atoms with Crippen LogP contribution in [0.2, 0.25) is 0 Å². The number of carbonyl (C=O) groups is 1. The molecule has 0 saturated heterocycles. The number of amides is 1. The first kappa shape index (κ1) is 16.0. The topological polar surface area (TPSA) is 55.1 Å². The van der Waals surface area contributed by atoms with E-state index in [9.17, 15) is 4.79 Å². The van der Waals surface area contributed by atoms with Crippen LogP contribution in [-0.2, 0) is 4.79 Å². The Hall–Kier alpha value is -0.390. The molecule has 2 rings (SSSR count). The SMILES string of the molecule is CC1CCC(CN)(C(=O)Nc2c(Br)cccc2Br)CC1. The van der Waals surface area contributed by atoms with Gasteiger partial charge in [-0.2, -0.15) is 0 Å². The first-order valence-electron chi connectivity index (χ1n) is 6.94. The van der Waals surface area contributed by atoms with Gasteiger partial charge >= 0.3 is 0 Å². The summed E-state index contributed by atoms with van der Waals surface area (Å²) in [5.74, 6) is 0.733. The van der Waals surface area contributed by atoms with Crippen LogP contribution in [0.3, 0.4) is 0 Å². The molecule has 0 spiro atoms. The lowest BCUT2D eigenvalue weighted by atomic mass is 9.70. The second kappa shape index (κ2) is 6.58. The molecule has 5 heteroatoms. The van der Waals surface area contributed by atoms with Crippen molar-refractivity contribution in [3.8, 4) is 0 Å². The molecule has 0 heterocycles. The van der Waals surface area contributed by atoms with Crippen molar-refractivity contribution >= 4 is 43.5 Å². The average Bonchev–Trinajstić information content (AvgIpc) is 2.44. The van der Waals surface area contributed by atoms with Crippen molar-refractivity contribution in [3.05, 3.63) is 27.1 Å². The lowest BCUT2D eigenvalue weighted by molar-refractivity contribution is -0.127. The van der Waals surface area contributed by atoms with Crippen molar-refractivity contribution in [2.45, 2.75) is 32.6 Å². The molecule has 1 aliphatic rings. The maximum atomic E-state index is 12.7. The first-order valence-corrected chi connectivity index (χ1v) is 8.52. The van der Waals surface area contributed by atoms with Gasteiger partial charge < -0.3 is 11.1 Å². The maximum absolute atomic E-state index is 12.7. The van der Waals surface area contributed by atoms with Crippen LogP contribution in [-0.4, -0.2) is 12.5 Å². The Morgan fingerprint density at radius 1 is 1.35 bits per heavy atom. The minimum atomic E-state index is -0.415. The van der Waals surface area contributed by atoms with Crippen molar-refractivity contribution in [1.82, 2.24) is 0 Å². The Morgan fingerprint density at radius 2 is 1.90 bits per heavy atom. The van der Waals surface area contributed by atoms with Gasteiger partial charge in [0.1, 0.15) is 0 Å². The molecule has 3 N–H and O–H groups in total. The highest BCUT2D eigenvalue weighted by atomic mass is 79.9. The molecule has 0 unspecified atom stereocenters. The van der Waals surface area contributed by atoms with Gasteiger partial charge in [0.25, 0.3) is 0 Å². The number of hydrogen-bond acceptors (Lipinski definition) is 2. The highest BCUT2D eigenvalue weighted by Gasteiger charge is 2.40. The number of anilines is 1. The molecule has 1 fully saturated rings. The van der Waals surface area contributed by atoms with Crippen LogP contribution in [0.1, 0.15) is 32.6 Å². The molecular formula is C15H20Br2N2O. The van der Waals surface area contributed by atoms with Crippen molar-refractivity contribution in [1.29, 1.82) is 0 Å². The number of benzene rings is 1. The Labute approximate surface area is 136 Å². The van der Waals surface area contributed by atoms with E-state index in [1.54, 1.807) is 0 Å². The van der Waals surface area contributed by atoms with Crippen LogP contribution in [0.5, 0.6) is 0 Å². The number of halogens is 2.